The summed E-state index contributed by atoms with van der Waals surface area (Å²) >= 11 is 5.92. The van der Waals surface area contributed by atoms with Gasteiger partial charge in [0.25, 0.3) is 0 Å². The summed E-state index contributed by atoms with van der Waals surface area (Å²) in [5.41, 5.74) is 2.63. The fourth-order valence-corrected chi connectivity index (χ4v) is 2.73. The second-order valence-electron chi connectivity index (χ2n) is 6.32. The van der Waals surface area contributed by atoms with Crippen molar-refractivity contribution < 1.29 is 9.59 Å². The minimum Gasteiger partial charge on any atom is -0.331 e. The van der Waals surface area contributed by atoms with E-state index >= 15 is 0 Å². The zero-order chi connectivity index (χ0) is 19.3. The quantitative estimate of drug-likeness (QED) is 0.793. The number of rotatable bonds is 5. The first-order chi connectivity index (χ1) is 12.3. The number of urea groups is 1. The Morgan fingerprint density at radius 3 is 2.31 bits per heavy atom. The predicted octanol–water partition coefficient (Wildman–Crippen LogP) is 4.76. The topological polar surface area (TPSA) is 61.4 Å². The van der Waals surface area contributed by atoms with Crippen LogP contribution in [0, 0.1) is 0 Å². The highest BCUT2D eigenvalue weighted by atomic mass is 35.5. The number of carbonyl (C=O) groups is 2. The van der Waals surface area contributed by atoms with Crippen LogP contribution in [0.5, 0.6) is 0 Å². The highest BCUT2D eigenvalue weighted by Crippen LogP contribution is 2.22. The number of carbonyl (C=O) groups excluding carboxylic acids is 2. The van der Waals surface area contributed by atoms with Gasteiger partial charge in [-0.1, -0.05) is 35.9 Å². The average Bonchev–Trinajstić information content (AvgIpc) is 2.60. The van der Waals surface area contributed by atoms with Crippen LogP contribution in [-0.2, 0) is 4.79 Å². The van der Waals surface area contributed by atoms with Crippen molar-refractivity contribution in [2.45, 2.75) is 32.9 Å². The molecule has 0 radical (unpaired) electrons. The van der Waals surface area contributed by atoms with E-state index in [4.69, 9.17) is 11.6 Å². The van der Waals surface area contributed by atoms with Gasteiger partial charge in [0.05, 0.1) is 12.1 Å². The third-order valence-corrected chi connectivity index (χ3v) is 4.55. The van der Waals surface area contributed by atoms with Gasteiger partial charge < -0.3 is 15.5 Å². The molecule has 2 aromatic carbocycles. The van der Waals surface area contributed by atoms with Gasteiger partial charge in [-0.3, -0.25) is 4.79 Å². The molecule has 138 valence electrons. The summed E-state index contributed by atoms with van der Waals surface area (Å²) in [6, 6.07) is 14.4. The van der Waals surface area contributed by atoms with E-state index in [1.165, 1.54) is 6.92 Å². The molecule has 2 rings (SSSR count). The molecule has 0 spiro atoms. The first kappa shape index (κ1) is 19.8. The lowest BCUT2D eigenvalue weighted by atomic mass is 10.1. The van der Waals surface area contributed by atoms with Gasteiger partial charge in [0.1, 0.15) is 0 Å². The predicted molar refractivity (Wildman–Crippen MR) is 105 cm³/mol. The molecule has 2 atom stereocenters. The standard InChI is InChI=1S/C20H24ClN3O2/c1-13(17-6-5-7-19(12-17)23-15(3)25)22-20(26)24(4)14(2)16-8-10-18(21)11-9-16/h5-14H,1-4H3,(H,22,26)(H,23,25)/t13-,14+/m1/s1. The third kappa shape index (κ3) is 5.23. The molecule has 2 aromatic rings. The Morgan fingerprint density at radius 1 is 1.04 bits per heavy atom. The molecule has 0 fully saturated rings. The van der Waals surface area contributed by atoms with E-state index in [0.29, 0.717) is 10.7 Å². The van der Waals surface area contributed by atoms with Crippen molar-refractivity contribution in [2.24, 2.45) is 0 Å². The molecule has 0 saturated carbocycles. The summed E-state index contributed by atoms with van der Waals surface area (Å²) in [6.45, 7) is 5.33. The van der Waals surface area contributed by atoms with Gasteiger partial charge in [-0.25, -0.2) is 4.79 Å². The SMILES string of the molecule is CC(=O)Nc1cccc([C@@H](C)NC(=O)N(C)[C@@H](C)c2ccc(Cl)cc2)c1. The smallest absolute Gasteiger partial charge is 0.318 e. The molecule has 0 saturated heterocycles. The summed E-state index contributed by atoms with van der Waals surface area (Å²) in [5.74, 6) is -0.129. The third-order valence-electron chi connectivity index (χ3n) is 4.30. The summed E-state index contributed by atoms with van der Waals surface area (Å²) in [6.07, 6.45) is 0. The van der Waals surface area contributed by atoms with Gasteiger partial charge >= 0.3 is 6.03 Å². The molecule has 0 aliphatic heterocycles. The molecule has 0 bridgehead atoms. The molecular formula is C20H24ClN3O2. The summed E-state index contributed by atoms with van der Waals surface area (Å²) in [5, 5.41) is 6.40. The van der Waals surface area contributed by atoms with Crippen LogP contribution in [0.25, 0.3) is 0 Å². The Balaban J connectivity index is 2.03. The van der Waals surface area contributed by atoms with Crippen molar-refractivity contribution in [3.8, 4) is 0 Å². The highest BCUT2D eigenvalue weighted by Gasteiger charge is 2.19. The first-order valence-corrected chi connectivity index (χ1v) is 8.82. The zero-order valence-electron chi connectivity index (χ0n) is 15.4. The number of benzene rings is 2. The van der Waals surface area contributed by atoms with Gasteiger partial charge in [0.2, 0.25) is 5.91 Å². The highest BCUT2D eigenvalue weighted by molar-refractivity contribution is 6.30. The maximum absolute atomic E-state index is 12.6. The monoisotopic (exact) mass is 373 g/mol. The fraction of sp³-hybridized carbons (Fsp3) is 0.300. The van der Waals surface area contributed by atoms with Crippen LogP contribution in [0.15, 0.2) is 48.5 Å². The van der Waals surface area contributed by atoms with Crippen molar-refractivity contribution in [1.82, 2.24) is 10.2 Å². The van der Waals surface area contributed by atoms with Crippen molar-refractivity contribution in [2.75, 3.05) is 12.4 Å². The number of hydrogen-bond donors (Lipinski definition) is 2. The number of amides is 3. The normalized spacial score (nSPS) is 12.8. The first-order valence-electron chi connectivity index (χ1n) is 8.44. The lowest BCUT2D eigenvalue weighted by molar-refractivity contribution is -0.114. The molecule has 6 heteroatoms. The van der Waals surface area contributed by atoms with Gasteiger partial charge in [-0.15, -0.1) is 0 Å². The molecule has 3 amide bonds. The molecule has 2 N–H and O–H groups in total. The van der Waals surface area contributed by atoms with Gasteiger partial charge in [0, 0.05) is 24.7 Å². The van der Waals surface area contributed by atoms with Crippen LogP contribution >= 0.6 is 11.6 Å². The molecule has 0 heterocycles. The molecule has 0 unspecified atom stereocenters. The van der Waals surface area contributed by atoms with Crippen LogP contribution in [0.3, 0.4) is 0 Å². The molecular weight excluding hydrogens is 350 g/mol. The second-order valence-corrected chi connectivity index (χ2v) is 6.75. The molecule has 0 aliphatic carbocycles. The number of halogens is 1. The van der Waals surface area contributed by atoms with Crippen LogP contribution in [0.1, 0.15) is 44.0 Å². The second kappa shape index (κ2) is 8.72. The maximum atomic E-state index is 12.6. The molecule has 5 nitrogen and oxygen atoms in total. The van der Waals surface area contributed by atoms with Gasteiger partial charge in [-0.05, 0) is 49.2 Å². The number of nitrogens with one attached hydrogen (secondary N) is 2. The van der Waals surface area contributed by atoms with E-state index in [0.717, 1.165) is 11.1 Å². The summed E-state index contributed by atoms with van der Waals surface area (Å²) in [7, 11) is 1.76. The van der Waals surface area contributed by atoms with Crippen molar-refractivity contribution in [3.05, 3.63) is 64.7 Å². The molecule has 26 heavy (non-hydrogen) atoms. The van der Waals surface area contributed by atoms with Gasteiger partial charge in [-0.2, -0.15) is 0 Å². The largest absolute Gasteiger partial charge is 0.331 e. The number of hydrogen-bond acceptors (Lipinski definition) is 2. The minimum atomic E-state index is -0.198. The minimum absolute atomic E-state index is 0.0924. The lowest BCUT2D eigenvalue weighted by Gasteiger charge is -2.27. The average molecular weight is 374 g/mol. The Bertz CT molecular complexity index is 777. The number of nitrogens with zero attached hydrogens (tertiary/aromatic N) is 1. The van der Waals surface area contributed by atoms with Crippen LogP contribution in [-0.4, -0.2) is 23.9 Å². The summed E-state index contributed by atoms with van der Waals surface area (Å²) < 4.78 is 0. The van der Waals surface area contributed by atoms with Crippen molar-refractivity contribution in [1.29, 1.82) is 0 Å². The maximum Gasteiger partial charge on any atom is 0.318 e. The molecule has 0 aromatic heterocycles. The van der Waals surface area contributed by atoms with E-state index in [2.05, 4.69) is 10.6 Å². The fourth-order valence-electron chi connectivity index (χ4n) is 2.60. The van der Waals surface area contributed by atoms with Crippen molar-refractivity contribution >= 4 is 29.2 Å². The Hall–Kier alpha value is -2.53. The lowest BCUT2D eigenvalue weighted by Crippen LogP contribution is -2.39. The van der Waals surface area contributed by atoms with Crippen LogP contribution < -0.4 is 10.6 Å². The van der Waals surface area contributed by atoms with Crippen molar-refractivity contribution in [3.63, 3.8) is 0 Å². The van der Waals surface area contributed by atoms with Gasteiger partial charge in [0.15, 0.2) is 0 Å². The van der Waals surface area contributed by atoms with E-state index in [1.54, 1.807) is 11.9 Å². The van der Waals surface area contributed by atoms with E-state index in [9.17, 15) is 9.59 Å². The van der Waals surface area contributed by atoms with E-state index < -0.39 is 0 Å². The Morgan fingerprint density at radius 2 is 1.69 bits per heavy atom. The van der Waals surface area contributed by atoms with Crippen LogP contribution in [0.4, 0.5) is 10.5 Å². The van der Waals surface area contributed by atoms with Crippen LogP contribution in [0.2, 0.25) is 5.02 Å². The zero-order valence-corrected chi connectivity index (χ0v) is 16.2. The van der Waals surface area contributed by atoms with E-state index in [1.807, 2.05) is 62.4 Å². The molecule has 0 aliphatic rings. The Labute approximate surface area is 159 Å². The Kier molecular flexibility index (Phi) is 6.64. The number of anilines is 1. The summed E-state index contributed by atoms with van der Waals surface area (Å²) in [4.78, 5) is 25.4. The van der Waals surface area contributed by atoms with E-state index in [-0.39, 0.29) is 24.0 Å².